The second-order valence-corrected chi connectivity index (χ2v) is 6.60. The number of anilines is 1. The lowest BCUT2D eigenvalue weighted by molar-refractivity contribution is -0.120. The molecule has 2 amide bonds. The van der Waals surface area contributed by atoms with Gasteiger partial charge in [0.1, 0.15) is 6.54 Å². The fourth-order valence-electron chi connectivity index (χ4n) is 2.81. The molecule has 1 saturated heterocycles. The van der Waals surface area contributed by atoms with Gasteiger partial charge in [-0.15, -0.1) is 0 Å². The van der Waals surface area contributed by atoms with E-state index in [2.05, 4.69) is 20.9 Å². The highest BCUT2D eigenvalue weighted by atomic mass is 79.9. The molecule has 1 aromatic heterocycles. The lowest BCUT2D eigenvalue weighted by Crippen LogP contribution is -2.52. The van der Waals surface area contributed by atoms with E-state index < -0.39 is 0 Å². The number of aromatic nitrogens is 1. The van der Waals surface area contributed by atoms with E-state index in [9.17, 15) is 9.59 Å². The first-order chi connectivity index (χ1) is 12.0. The molecule has 2 aromatic rings. The number of nitrogens with zero attached hydrogens (tertiary/aromatic N) is 3. The SMILES string of the molecule is COc1cc(N2CCN(C(=O)c3cccc(Br)c3C)CC2=O)ccn1. The third kappa shape index (κ3) is 3.51. The molecule has 0 radical (unpaired) electrons. The van der Waals surface area contributed by atoms with Gasteiger partial charge < -0.3 is 14.5 Å². The molecule has 2 heterocycles. The third-order valence-corrected chi connectivity index (χ3v) is 5.10. The summed E-state index contributed by atoms with van der Waals surface area (Å²) in [5.74, 6) is 0.202. The number of carbonyl (C=O) groups is 2. The standard InChI is InChI=1S/C18H18BrN3O3/c1-12-14(4-3-5-15(12)19)18(24)21-8-9-22(17(23)11-21)13-6-7-20-16(10-13)25-2/h3-7,10H,8-9,11H2,1-2H3. The Hall–Kier alpha value is -2.41. The molecule has 130 valence electrons. The molecule has 1 aliphatic rings. The van der Waals surface area contributed by atoms with Crippen LogP contribution in [0, 0.1) is 6.92 Å². The second kappa shape index (κ2) is 7.23. The van der Waals surface area contributed by atoms with E-state index in [1.54, 1.807) is 34.2 Å². The van der Waals surface area contributed by atoms with Crippen molar-refractivity contribution in [3.05, 3.63) is 52.1 Å². The minimum Gasteiger partial charge on any atom is -0.481 e. The smallest absolute Gasteiger partial charge is 0.254 e. The monoisotopic (exact) mass is 403 g/mol. The normalized spacial score (nSPS) is 14.6. The lowest BCUT2D eigenvalue weighted by Gasteiger charge is -2.34. The van der Waals surface area contributed by atoms with Gasteiger partial charge in [-0.05, 0) is 30.7 Å². The van der Waals surface area contributed by atoms with Crippen LogP contribution in [0.3, 0.4) is 0 Å². The highest BCUT2D eigenvalue weighted by Gasteiger charge is 2.29. The van der Waals surface area contributed by atoms with Crippen LogP contribution < -0.4 is 9.64 Å². The maximum Gasteiger partial charge on any atom is 0.254 e. The number of hydrogen-bond donors (Lipinski definition) is 0. The summed E-state index contributed by atoms with van der Waals surface area (Å²) in [6.07, 6.45) is 1.60. The zero-order valence-corrected chi connectivity index (χ0v) is 15.6. The first kappa shape index (κ1) is 17.4. The van der Waals surface area contributed by atoms with Crippen molar-refractivity contribution in [1.82, 2.24) is 9.88 Å². The Morgan fingerprint density at radius 1 is 1.28 bits per heavy atom. The van der Waals surface area contributed by atoms with Gasteiger partial charge in [0.25, 0.3) is 5.91 Å². The maximum atomic E-state index is 12.8. The molecular formula is C18H18BrN3O3. The maximum absolute atomic E-state index is 12.8. The van der Waals surface area contributed by atoms with Crippen LogP contribution in [0.1, 0.15) is 15.9 Å². The topological polar surface area (TPSA) is 62.7 Å². The zero-order valence-electron chi connectivity index (χ0n) is 14.0. The van der Waals surface area contributed by atoms with Crippen LogP contribution in [0.25, 0.3) is 0 Å². The average Bonchev–Trinajstić information content (AvgIpc) is 2.63. The molecule has 0 atom stereocenters. The first-order valence-electron chi connectivity index (χ1n) is 7.86. The zero-order chi connectivity index (χ0) is 18.0. The Morgan fingerprint density at radius 3 is 2.80 bits per heavy atom. The van der Waals surface area contributed by atoms with Crippen LogP contribution in [-0.4, -0.2) is 48.4 Å². The first-order valence-corrected chi connectivity index (χ1v) is 8.65. The number of carbonyl (C=O) groups excluding carboxylic acids is 2. The molecule has 0 saturated carbocycles. The molecule has 0 spiro atoms. The molecule has 1 fully saturated rings. The van der Waals surface area contributed by atoms with E-state index in [4.69, 9.17) is 4.74 Å². The molecule has 3 rings (SSSR count). The second-order valence-electron chi connectivity index (χ2n) is 5.74. The predicted octanol–water partition coefficient (Wildman–Crippen LogP) is 2.65. The van der Waals surface area contributed by atoms with Crippen molar-refractivity contribution in [3.8, 4) is 5.88 Å². The summed E-state index contributed by atoms with van der Waals surface area (Å²) in [4.78, 5) is 32.6. The van der Waals surface area contributed by atoms with Gasteiger partial charge in [0.2, 0.25) is 11.8 Å². The van der Waals surface area contributed by atoms with Gasteiger partial charge in [0.15, 0.2) is 0 Å². The number of amides is 2. The van der Waals surface area contributed by atoms with Crippen LogP contribution in [0.5, 0.6) is 5.88 Å². The summed E-state index contributed by atoms with van der Waals surface area (Å²) < 4.78 is 5.99. The fraction of sp³-hybridized carbons (Fsp3) is 0.278. The number of hydrogen-bond acceptors (Lipinski definition) is 4. The van der Waals surface area contributed by atoms with Gasteiger partial charge in [0, 0.05) is 35.4 Å². The minimum atomic E-state index is -0.126. The Balaban J connectivity index is 1.76. The predicted molar refractivity (Wildman–Crippen MR) is 97.9 cm³/mol. The van der Waals surface area contributed by atoms with E-state index >= 15 is 0 Å². The van der Waals surface area contributed by atoms with E-state index in [1.807, 2.05) is 19.1 Å². The number of halogens is 1. The summed E-state index contributed by atoms with van der Waals surface area (Å²) in [6, 6.07) is 8.98. The highest BCUT2D eigenvalue weighted by Crippen LogP contribution is 2.24. The highest BCUT2D eigenvalue weighted by molar-refractivity contribution is 9.10. The summed E-state index contributed by atoms with van der Waals surface area (Å²) in [7, 11) is 1.53. The third-order valence-electron chi connectivity index (χ3n) is 4.25. The van der Waals surface area contributed by atoms with Crippen LogP contribution in [0.2, 0.25) is 0 Å². The van der Waals surface area contributed by atoms with Crippen molar-refractivity contribution < 1.29 is 14.3 Å². The van der Waals surface area contributed by atoms with Gasteiger partial charge in [-0.2, -0.15) is 0 Å². The molecule has 1 aliphatic heterocycles. The van der Waals surface area contributed by atoms with E-state index in [0.29, 0.717) is 24.5 Å². The molecule has 1 aromatic carbocycles. The quantitative estimate of drug-likeness (QED) is 0.789. The molecule has 25 heavy (non-hydrogen) atoms. The Bertz CT molecular complexity index is 825. The van der Waals surface area contributed by atoms with Gasteiger partial charge in [-0.25, -0.2) is 4.98 Å². The molecule has 0 N–H and O–H groups in total. The molecule has 7 heteroatoms. The molecule has 0 bridgehead atoms. The summed E-state index contributed by atoms with van der Waals surface area (Å²) in [5.41, 5.74) is 2.21. The number of methoxy groups -OCH3 is 1. The molecule has 0 aliphatic carbocycles. The van der Waals surface area contributed by atoms with Crippen molar-refractivity contribution in [1.29, 1.82) is 0 Å². The van der Waals surface area contributed by atoms with E-state index in [1.165, 1.54) is 7.11 Å². The lowest BCUT2D eigenvalue weighted by atomic mass is 10.1. The Kier molecular flexibility index (Phi) is 5.03. The molecule has 6 nitrogen and oxygen atoms in total. The molecular weight excluding hydrogens is 386 g/mol. The van der Waals surface area contributed by atoms with Crippen molar-refractivity contribution in [2.24, 2.45) is 0 Å². The van der Waals surface area contributed by atoms with Crippen molar-refractivity contribution in [3.63, 3.8) is 0 Å². The number of ether oxygens (including phenoxy) is 1. The Labute approximate surface area is 154 Å². The summed E-state index contributed by atoms with van der Waals surface area (Å²) >= 11 is 3.44. The van der Waals surface area contributed by atoms with Gasteiger partial charge in [-0.1, -0.05) is 22.0 Å². The van der Waals surface area contributed by atoms with Crippen LogP contribution >= 0.6 is 15.9 Å². The van der Waals surface area contributed by atoms with E-state index in [-0.39, 0.29) is 18.4 Å². The summed E-state index contributed by atoms with van der Waals surface area (Å²) in [6.45, 7) is 2.85. The number of piperazine rings is 1. The van der Waals surface area contributed by atoms with Crippen LogP contribution in [-0.2, 0) is 4.79 Å². The van der Waals surface area contributed by atoms with Crippen LogP contribution in [0.4, 0.5) is 5.69 Å². The average molecular weight is 404 g/mol. The van der Waals surface area contributed by atoms with Crippen molar-refractivity contribution in [2.75, 3.05) is 31.6 Å². The van der Waals surface area contributed by atoms with Crippen molar-refractivity contribution in [2.45, 2.75) is 6.92 Å². The van der Waals surface area contributed by atoms with Gasteiger partial charge in [-0.3, -0.25) is 9.59 Å². The van der Waals surface area contributed by atoms with Gasteiger partial charge in [0.05, 0.1) is 12.8 Å². The Morgan fingerprint density at radius 2 is 2.08 bits per heavy atom. The van der Waals surface area contributed by atoms with Gasteiger partial charge >= 0.3 is 0 Å². The number of pyridine rings is 1. The fourth-order valence-corrected chi connectivity index (χ4v) is 3.17. The van der Waals surface area contributed by atoms with Crippen molar-refractivity contribution >= 4 is 33.4 Å². The summed E-state index contributed by atoms with van der Waals surface area (Å²) in [5, 5.41) is 0. The molecule has 0 unspecified atom stereocenters. The van der Waals surface area contributed by atoms with Crippen LogP contribution in [0.15, 0.2) is 41.0 Å². The minimum absolute atomic E-state index is 0.0510. The van der Waals surface area contributed by atoms with E-state index in [0.717, 1.165) is 15.7 Å². The number of benzene rings is 1. The number of rotatable bonds is 3. The largest absolute Gasteiger partial charge is 0.481 e.